The van der Waals surface area contributed by atoms with Gasteiger partial charge in [0.05, 0.1) is 6.61 Å². The van der Waals surface area contributed by atoms with Crippen LogP contribution in [0.4, 0.5) is 0 Å². The van der Waals surface area contributed by atoms with Gasteiger partial charge in [0.15, 0.2) is 6.10 Å². The Labute approximate surface area is 82.2 Å². The van der Waals surface area contributed by atoms with Crippen molar-refractivity contribution in [2.75, 3.05) is 26.9 Å². The second-order valence-electron chi connectivity index (χ2n) is 2.63. The van der Waals surface area contributed by atoms with Crippen molar-refractivity contribution < 1.29 is 24.2 Å². The first-order chi connectivity index (χ1) is 6.57. The molecule has 0 bridgehead atoms. The largest absolute Gasteiger partial charge is 0.479 e. The first-order valence-corrected chi connectivity index (χ1v) is 4.18. The molecule has 0 aliphatic rings. The molecule has 6 nitrogen and oxygen atoms in total. The molecule has 0 aromatic rings. The minimum atomic E-state index is -1.02. The smallest absolute Gasteiger partial charge is 0.332 e. The van der Waals surface area contributed by atoms with E-state index in [1.165, 1.54) is 14.0 Å². The molecule has 0 rings (SSSR count). The topological polar surface area (TPSA) is 84.9 Å². The molecular weight excluding hydrogens is 190 g/mol. The van der Waals surface area contributed by atoms with Crippen molar-refractivity contribution in [2.45, 2.75) is 13.0 Å². The number of methoxy groups -OCH3 is 1. The molecule has 0 fully saturated rings. The van der Waals surface area contributed by atoms with Crippen LogP contribution in [0, 0.1) is 0 Å². The second kappa shape index (κ2) is 7.28. The third kappa shape index (κ3) is 6.38. The van der Waals surface area contributed by atoms with Gasteiger partial charge in [-0.2, -0.15) is 0 Å². The molecule has 0 saturated heterocycles. The lowest BCUT2D eigenvalue weighted by atomic mass is 10.4. The predicted molar refractivity (Wildman–Crippen MR) is 47.9 cm³/mol. The van der Waals surface area contributed by atoms with Crippen LogP contribution in [0.5, 0.6) is 0 Å². The molecule has 1 amide bonds. The van der Waals surface area contributed by atoms with Gasteiger partial charge in [0.25, 0.3) is 0 Å². The van der Waals surface area contributed by atoms with Gasteiger partial charge in [0.2, 0.25) is 5.91 Å². The third-order valence-corrected chi connectivity index (χ3v) is 1.42. The van der Waals surface area contributed by atoms with Crippen LogP contribution < -0.4 is 5.32 Å². The Morgan fingerprint density at radius 2 is 2.14 bits per heavy atom. The van der Waals surface area contributed by atoms with E-state index in [9.17, 15) is 9.59 Å². The van der Waals surface area contributed by atoms with Crippen molar-refractivity contribution in [3.05, 3.63) is 0 Å². The zero-order valence-corrected chi connectivity index (χ0v) is 8.28. The minimum absolute atomic E-state index is 0.00547. The zero-order chi connectivity index (χ0) is 11.0. The summed E-state index contributed by atoms with van der Waals surface area (Å²) < 4.78 is 9.45. The van der Waals surface area contributed by atoms with Crippen molar-refractivity contribution in [2.24, 2.45) is 0 Å². The van der Waals surface area contributed by atoms with Gasteiger partial charge < -0.3 is 19.9 Å². The number of ether oxygens (including phenoxy) is 2. The summed E-state index contributed by atoms with van der Waals surface area (Å²) in [5.74, 6) is -1.27. The Morgan fingerprint density at radius 1 is 1.50 bits per heavy atom. The number of carbonyl (C=O) groups is 2. The number of carboxylic acids is 1. The highest BCUT2D eigenvalue weighted by atomic mass is 16.5. The average Bonchev–Trinajstić information content (AvgIpc) is 2.12. The number of aliphatic carboxylic acids is 1. The SMILES string of the molecule is COCC(=O)NCCOC(C)C(=O)O. The van der Waals surface area contributed by atoms with Crippen LogP contribution in [0.25, 0.3) is 0 Å². The molecule has 0 aliphatic heterocycles. The maximum atomic E-state index is 10.8. The summed E-state index contributed by atoms with van der Waals surface area (Å²) in [5, 5.41) is 10.9. The number of carboxylic acid groups (broad SMARTS) is 1. The summed E-state index contributed by atoms with van der Waals surface area (Å²) in [5.41, 5.74) is 0. The summed E-state index contributed by atoms with van der Waals surface area (Å²) in [6, 6.07) is 0. The maximum absolute atomic E-state index is 10.8. The van der Waals surface area contributed by atoms with Crippen LogP contribution in [0.3, 0.4) is 0 Å². The standard InChI is InChI=1S/C8H15NO5/c1-6(8(11)12)14-4-3-9-7(10)5-13-2/h6H,3-5H2,1-2H3,(H,9,10)(H,11,12). The molecule has 0 aromatic carbocycles. The predicted octanol–water partition coefficient (Wildman–Crippen LogP) is -0.761. The lowest BCUT2D eigenvalue weighted by Crippen LogP contribution is -2.32. The number of rotatable bonds is 7. The zero-order valence-electron chi connectivity index (χ0n) is 8.28. The molecule has 6 heteroatoms. The van der Waals surface area contributed by atoms with E-state index in [4.69, 9.17) is 9.84 Å². The molecule has 0 saturated carbocycles. The summed E-state index contributed by atoms with van der Waals surface area (Å²) in [7, 11) is 1.42. The van der Waals surface area contributed by atoms with Gasteiger partial charge in [-0.1, -0.05) is 0 Å². The Balaban J connectivity index is 3.37. The molecule has 0 aliphatic carbocycles. The normalized spacial score (nSPS) is 12.1. The van der Waals surface area contributed by atoms with E-state index in [1.807, 2.05) is 0 Å². The lowest BCUT2D eigenvalue weighted by molar-refractivity contribution is -0.149. The molecule has 1 unspecified atom stereocenters. The van der Waals surface area contributed by atoms with Crippen LogP contribution in [-0.4, -0.2) is 50.0 Å². The first kappa shape index (κ1) is 12.9. The van der Waals surface area contributed by atoms with Crippen molar-refractivity contribution in [1.29, 1.82) is 0 Å². The quantitative estimate of drug-likeness (QED) is 0.533. The highest BCUT2D eigenvalue weighted by molar-refractivity contribution is 5.77. The number of hydrogen-bond donors (Lipinski definition) is 2. The first-order valence-electron chi connectivity index (χ1n) is 4.18. The van der Waals surface area contributed by atoms with Crippen molar-refractivity contribution in [3.8, 4) is 0 Å². The molecular formula is C8H15NO5. The van der Waals surface area contributed by atoms with Crippen LogP contribution >= 0.6 is 0 Å². The Morgan fingerprint density at radius 3 is 2.64 bits per heavy atom. The highest BCUT2D eigenvalue weighted by Crippen LogP contribution is 1.88. The van der Waals surface area contributed by atoms with Crippen molar-refractivity contribution >= 4 is 11.9 Å². The average molecular weight is 205 g/mol. The van der Waals surface area contributed by atoms with E-state index >= 15 is 0 Å². The Kier molecular flexibility index (Phi) is 6.69. The fourth-order valence-corrected chi connectivity index (χ4v) is 0.680. The summed E-state index contributed by atoms with van der Waals surface area (Å²) >= 11 is 0. The summed E-state index contributed by atoms with van der Waals surface area (Å²) in [6.07, 6.45) is -0.852. The van der Waals surface area contributed by atoms with E-state index in [2.05, 4.69) is 10.1 Å². The van der Waals surface area contributed by atoms with E-state index in [-0.39, 0.29) is 25.7 Å². The van der Waals surface area contributed by atoms with Crippen LogP contribution in [-0.2, 0) is 19.1 Å². The van der Waals surface area contributed by atoms with Crippen LogP contribution in [0.15, 0.2) is 0 Å². The second-order valence-corrected chi connectivity index (χ2v) is 2.63. The molecule has 82 valence electrons. The Bertz CT molecular complexity index is 194. The Hall–Kier alpha value is -1.14. The van der Waals surface area contributed by atoms with E-state index in [0.717, 1.165) is 0 Å². The van der Waals surface area contributed by atoms with E-state index < -0.39 is 12.1 Å². The molecule has 0 heterocycles. The molecule has 0 aromatic heterocycles. The van der Waals surface area contributed by atoms with E-state index in [1.54, 1.807) is 0 Å². The van der Waals surface area contributed by atoms with Crippen LogP contribution in [0.2, 0.25) is 0 Å². The fourth-order valence-electron chi connectivity index (χ4n) is 0.680. The maximum Gasteiger partial charge on any atom is 0.332 e. The van der Waals surface area contributed by atoms with Gasteiger partial charge in [-0.25, -0.2) is 4.79 Å². The van der Waals surface area contributed by atoms with Crippen molar-refractivity contribution in [3.63, 3.8) is 0 Å². The lowest BCUT2D eigenvalue weighted by Gasteiger charge is -2.08. The molecule has 2 N–H and O–H groups in total. The summed E-state index contributed by atoms with van der Waals surface area (Å²) in [4.78, 5) is 21.1. The van der Waals surface area contributed by atoms with Gasteiger partial charge >= 0.3 is 5.97 Å². The van der Waals surface area contributed by atoms with E-state index in [0.29, 0.717) is 0 Å². The summed E-state index contributed by atoms with van der Waals surface area (Å²) in [6.45, 7) is 1.87. The fraction of sp³-hybridized carbons (Fsp3) is 0.750. The van der Waals surface area contributed by atoms with Gasteiger partial charge in [-0.05, 0) is 6.92 Å². The van der Waals surface area contributed by atoms with Crippen LogP contribution in [0.1, 0.15) is 6.92 Å². The molecule has 1 atom stereocenters. The van der Waals surface area contributed by atoms with Gasteiger partial charge in [0, 0.05) is 13.7 Å². The van der Waals surface area contributed by atoms with Crippen molar-refractivity contribution in [1.82, 2.24) is 5.32 Å². The number of amides is 1. The monoisotopic (exact) mass is 205 g/mol. The van der Waals surface area contributed by atoms with Gasteiger partial charge in [-0.15, -0.1) is 0 Å². The minimum Gasteiger partial charge on any atom is -0.479 e. The number of carbonyl (C=O) groups excluding carboxylic acids is 1. The number of nitrogens with one attached hydrogen (secondary N) is 1. The molecule has 0 radical (unpaired) electrons. The molecule has 0 spiro atoms. The molecule has 14 heavy (non-hydrogen) atoms. The third-order valence-electron chi connectivity index (χ3n) is 1.42. The van der Waals surface area contributed by atoms with Gasteiger partial charge in [-0.3, -0.25) is 4.79 Å². The van der Waals surface area contributed by atoms with Gasteiger partial charge in [0.1, 0.15) is 6.61 Å². The number of hydrogen-bond acceptors (Lipinski definition) is 4. The highest BCUT2D eigenvalue weighted by Gasteiger charge is 2.10.